The maximum Gasteiger partial charge on any atom is 0.327 e. The first-order chi connectivity index (χ1) is 9.75. The molecule has 21 heavy (non-hydrogen) atoms. The van der Waals surface area contributed by atoms with Crippen molar-refractivity contribution in [2.75, 3.05) is 53.4 Å². The lowest BCUT2D eigenvalue weighted by molar-refractivity contribution is -0.151. The van der Waals surface area contributed by atoms with Crippen LogP contribution in [0.15, 0.2) is 0 Å². The van der Waals surface area contributed by atoms with Gasteiger partial charge in [0.15, 0.2) is 0 Å². The molecule has 0 heterocycles. The SMILES string of the molecule is CCNC(C)(CN(CCN(C)C)CC(C)C)C(=O)OCC. The standard InChI is InChI=1S/C16H35N3O2/c1-8-17-16(5,15(20)21-9-2)13-19(12-14(3)4)11-10-18(6)7/h14,17H,8-13H2,1-7H3. The first-order valence-corrected chi connectivity index (χ1v) is 8.04. The summed E-state index contributed by atoms with van der Waals surface area (Å²) in [7, 11) is 4.14. The second-order valence-electron chi connectivity index (χ2n) is 6.52. The van der Waals surface area contributed by atoms with Crippen LogP contribution in [0.5, 0.6) is 0 Å². The molecular formula is C16H35N3O2. The molecule has 0 spiro atoms. The van der Waals surface area contributed by atoms with Gasteiger partial charge in [-0.2, -0.15) is 0 Å². The van der Waals surface area contributed by atoms with Gasteiger partial charge in [-0.05, 0) is 40.4 Å². The van der Waals surface area contributed by atoms with Crippen LogP contribution in [0.1, 0.15) is 34.6 Å². The van der Waals surface area contributed by atoms with Crippen LogP contribution in [0.25, 0.3) is 0 Å². The van der Waals surface area contributed by atoms with Crippen LogP contribution in [0.4, 0.5) is 0 Å². The van der Waals surface area contributed by atoms with Crippen molar-refractivity contribution in [3.63, 3.8) is 0 Å². The Bertz CT molecular complexity index is 295. The zero-order valence-corrected chi connectivity index (χ0v) is 15.0. The van der Waals surface area contributed by atoms with Gasteiger partial charge in [0.05, 0.1) is 6.61 Å². The number of hydrogen-bond acceptors (Lipinski definition) is 5. The first kappa shape index (κ1) is 20.3. The summed E-state index contributed by atoms with van der Waals surface area (Å²) < 4.78 is 5.25. The Hall–Kier alpha value is -0.650. The monoisotopic (exact) mass is 301 g/mol. The fourth-order valence-corrected chi connectivity index (χ4v) is 2.41. The van der Waals surface area contributed by atoms with E-state index in [4.69, 9.17) is 4.74 Å². The normalized spacial score (nSPS) is 14.8. The molecule has 0 aromatic carbocycles. The van der Waals surface area contributed by atoms with E-state index in [-0.39, 0.29) is 5.97 Å². The maximum atomic E-state index is 12.3. The molecule has 0 radical (unpaired) electrons. The summed E-state index contributed by atoms with van der Waals surface area (Å²) in [4.78, 5) is 16.8. The molecule has 0 aliphatic carbocycles. The topological polar surface area (TPSA) is 44.8 Å². The molecule has 5 nitrogen and oxygen atoms in total. The fraction of sp³-hybridized carbons (Fsp3) is 0.938. The number of rotatable bonds is 11. The second kappa shape index (κ2) is 10.1. The van der Waals surface area contributed by atoms with Crippen LogP contribution in [0.3, 0.4) is 0 Å². The molecule has 0 aromatic heterocycles. The number of carbonyl (C=O) groups excluding carboxylic acids is 1. The minimum absolute atomic E-state index is 0.162. The number of esters is 1. The van der Waals surface area contributed by atoms with E-state index in [1.54, 1.807) is 0 Å². The van der Waals surface area contributed by atoms with Crippen molar-refractivity contribution >= 4 is 5.97 Å². The summed E-state index contributed by atoms with van der Waals surface area (Å²) in [6, 6.07) is 0. The number of hydrogen-bond donors (Lipinski definition) is 1. The average Bonchev–Trinajstić information content (AvgIpc) is 2.35. The van der Waals surface area contributed by atoms with Gasteiger partial charge in [0.1, 0.15) is 5.54 Å². The number of likely N-dealkylation sites (N-methyl/N-ethyl adjacent to an activating group) is 2. The molecule has 0 saturated heterocycles. The molecule has 0 amide bonds. The minimum Gasteiger partial charge on any atom is -0.465 e. The number of nitrogens with one attached hydrogen (secondary N) is 1. The van der Waals surface area contributed by atoms with E-state index in [0.29, 0.717) is 19.1 Å². The zero-order valence-electron chi connectivity index (χ0n) is 15.0. The predicted molar refractivity (Wildman–Crippen MR) is 88.5 cm³/mol. The van der Waals surface area contributed by atoms with Crippen LogP contribution in [-0.2, 0) is 9.53 Å². The van der Waals surface area contributed by atoms with E-state index in [1.165, 1.54) is 0 Å². The Balaban J connectivity index is 4.88. The van der Waals surface area contributed by atoms with Gasteiger partial charge in [-0.25, -0.2) is 0 Å². The van der Waals surface area contributed by atoms with E-state index in [2.05, 4.69) is 43.1 Å². The molecular weight excluding hydrogens is 266 g/mol. The van der Waals surface area contributed by atoms with E-state index in [9.17, 15) is 4.79 Å². The number of carbonyl (C=O) groups is 1. The van der Waals surface area contributed by atoms with Crippen molar-refractivity contribution in [2.45, 2.75) is 40.2 Å². The van der Waals surface area contributed by atoms with E-state index >= 15 is 0 Å². The van der Waals surface area contributed by atoms with Crippen molar-refractivity contribution in [2.24, 2.45) is 5.92 Å². The third-order valence-electron chi connectivity index (χ3n) is 3.32. The van der Waals surface area contributed by atoms with Gasteiger partial charge in [0.2, 0.25) is 0 Å². The lowest BCUT2D eigenvalue weighted by Gasteiger charge is -2.35. The van der Waals surface area contributed by atoms with E-state index < -0.39 is 5.54 Å². The maximum absolute atomic E-state index is 12.3. The molecule has 0 aliphatic heterocycles. The summed E-state index contributed by atoms with van der Waals surface area (Å²) >= 11 is 0. The highest BCUT2D eigenvalue weighted by atomic mass is 16.5. The van der Waals surface area contributed by atoms with Crippen LogP contribution in [-0.4, -0.2) is 74.7 Å². The van der Waals surface area contributed by atoms with Gasteiger partial charge in [-0.3, -0.25) is 9.69 Å². The van der Waals surface area contributed by atoms with Crippen molar-refractivity contribution in [3.8, 4) is 0 Å². The molecule has 0 rings (SSSR count). The van der Waals surface area contributed by atoms with Gasteiger partial charge >= 0.3 is 5.97 Å². The molecule has 1 N–H and O–H groups in total. The fourth-order valence-electron chi connectivity index (χ4n) is 2.41. The van der Waals surface area contributed by atoms with Crippen molar-refractivity contribution in [3.05, 3.63) is 0 Å². The Labute approximate surface area is 131 Å². The van der Waals surface area contributed by atoms with Crippen molar-refractivity contribution < 1.29 is 9.53 Å². The van der Waals surface area contributed by atoms with Gasteiger partial charge < -0.3 is 15.0 Å². The lowest BCUT2D eigenvalue weighted by Crippen LogP contribution is -2.58. The summed E-state index contributed by atoms with van der Waals surface area (Å²) in [5.41, 5.74) is -0.647. The van der Waals surface area contributed by atoms with Crippen LogP contribution >= 0.6 is 0 Å². The van der Waals surface area contributed by atoms with E-state index in [0.717, 1.165) is 26.2 Å². The highest BCUT2D eigenvalue weighted by Crippen LogP contribution is 2.12. The highest BCUT2D eigenvalue weighted by molar-refractivity contribution is 5.80. The number of ether oxygens (including phenoxy) is 1. The van der Waals surface area contributed by atoms with Gasteiger partial charge in [-0.15, -0.1) is 0 Å². The third-order valence-corrected chi connectivity index (χ3v) is 3.32. The zero-order chi connectivity index (χ0) is 16.5. The largest absolute Gasteiger partial charge is 0.465 e. The second-order valence-corrected chi connectivity index (χ2v) is 6.52. The Morgan fingerprint density at radius 2 is 1.86 bits per heavy atom. The molecule has 126 valence electrons. The molecule has 1 unspecified atom stereocenters. The lowest BCUT2D eigenvalue weighted by atomic mass is 10.0. The van der Waals surface area contributed by atoms with Gasteiger partial charge in [0.25, 0.3) is 0 Å². The molecule has 0 saturated carbocycles. The Morgan fingerprint density at radius 1 is 1.24 bits per heavy atom. The van der Waals surface area contributed by atoms with Crippen LogP contribution in [0, 0.1) is 5.92 Å². The summed E-state index contributed by atoms with van der Waals surface area (Å²) in [6.07, 6.45) is 0. The summed E-state index contributed by atoms with van der Waals surface area (Å²) in [6.45, 7) is 15.0. The molecule has 0 bridgehead atoms. The summed E-state index contributed by atoms with van der Waals surface area (Å²) in [5.74, 6) is 0.408. The molecule has 0 aliphatic rings. The van der Waals surface area contributed by atoms with Gasteiger partial charge in [0, 0.05) is 26.2 Å². The predicted octanol–water partition coefficient (Wildman–Crippen LogP) is 1.44. The van der Waals surface area contributed by atoms with Crippen molar-refractivity contribution in [1.82, 2.24) is 15.1 Å². The van der Waals surface area contributed by atoms with Gasteiger partial charge in [-0.1, -0.05) is 20.8 Å². The van der Waals surface area contributed by atoms with Crippen molar-refractivity contribution in [1.29, 1.82) is 0 Å². The highest BCUT2D eigenvalue weighted by Gasteiger charge is 2.35. The van der Waals surface area contributed by atoms with Crippen LogP contribution in [0.2, 0.25) is 0 Å². The average molecular weight is 301 g/mol. The number of nitrogens with zero attached hydrogens (tertiary/aromatic N) is 2. The van der Waals surface area contributed by atoms with Crippen LogP contribution < -0.4 is 5.32 Å². The smallest absolute Gasteiger partial charge is 0.327 e. The quantitative estimate of drug-likeness (QED) is 0.585. The summed E-state index contributed by atoms with van der Waals surface area (Å²) in [5, 5.41) is 3.31. The van der Waals surface area contributed by atoms with E-state index in [1.807, 2.05) is 20.8 Å². The third kappa shape index (κ3) is 8.39. The molecule has 0 aromatic rings. The minimum atomic E-state index is -0.647. The Morgan fingerprint density at radius 3 is 2.29 bits per heavy atom. The molecule has 5 heteroatoms. The first-order valence-electron chi connectivity index (χ1n) is 8.04. The molecule has 1 atom stereocenters. The Kier molecular flexibility index (Phi) is 9.83. The molecule has 0 fully saturated rings.